The largest absolute Gasteiger partial charge is 0.342 e. The summed E-state index contributed by atoms with van der Waals surface area (Å²) in [4.78, 5) is 0.131. The lowest BCUT2D eigenvalue weighted by molar-refractivity contribution is -0.167. The van der Waals surface area contributed by atoms with E-state index in [1.165, 1.54) is 6.42 Å². The second-order valence-corrected chi connectivity index (χ2v) is 11.2. The molecule has 5 nitrogen and oxygen atoms in total. The molecule has 0 N–H and O–H groups in total. The van der Waals surface area contributed by atoms with Gasteiger partial charge in [0, 0.05) is 0 Å². The standard InChI is InChI=1S/C17H24O5S3/c1-12-5-7-13(8-6-12)25(18,19)22-16-14(20-17(2,3)21-16)11-15-23-9-4-10-24-15/h5-8,14-16H,4,9-11H2,1-3H3/t14-,16+/m0/s1. The highest BCUT2D eigenvalue weighted by atomic mass is 32.2. The van der Waals surface area contributed by atoms with Crippen LogP contribution in [0.15, 0.2) is 29.2 Å². The molecular weight excluding hydrogens is 380 g/mol. The number of hydrogen-bond donors (Lipinski definition) is 0. The number of aryl methyl sites for hydroxylation is 1. The summed E-state index contributed by atoms with van der Waals surface area (Å²) >= 11 is 3.78. The summed E-state index contributed by atoms with van der Waals surface area (Å²) in [5.41, 5.74) is 0.991. The molecule has 2 atom stereocenters. The highest BCUT2D eigenvalue weighted by molar-refractivity contribution is 8.17. The minimum atomic E-state index is -3.90. The van der Waals surface area contributed by atoms with Crippen molar-refractivity contribution in [2.45, 2.75) is 61.3 Å². The first-order valence-electron chi connectivity index (χ1n) is 8.34. The van der Waals surface area contributed by atoms with Crippen LogP contribution in [-0.2, 0) is 23.8 Å². The smallest absolute Gasteiger partial charge is 0.299 e. The Morgan fingerprint density at radius 1 is 1.16 bits per heavy atom. The Labute approximate surface area is 158 Å². The van der Waals surface area contributed by atoms with E-state index in [0.717, 1.165) is 17.1 Å². The Balaban J connectivity index is 1.72. The van der Waals surface area contributed by atoms with Crippen LogP contribution in [0.1, 0.15) is 32.3 Å². The SMILES string of the molecule is Cc1ccc(S(=O)(=O)O[C@H]2OC(C)(C)O[C@H]2CC2SCCCS2)cc1. The molecule has 8 heteroatoms. The van der Waals surface area contributed by atoms with Crippen LogP contribution in [0, 0.1) is 6.92 Å². The molecule has 1 aromatic carbocycles. The molecule has 0 aromatic heterocycles. The zero-order valence-corrected chi connectivity index (χ0v) is 17.1. The third kappa shape index (κ3) is 5.14. The van der Waals surface area contributed by atoms with E-state index in [0.29, 0.717) is 11.0 Å². The van der Waals surface area contributed by atoms with Crippen molar-refractivity contribution >= 4 is 33.6 Å². The number of rotatable bonds is 5. The lowest BCUT2D eigenvalue weighted by Gasteiger charge is -2.25. The molecule has 0 saturated carbocycles. The molecule has 0 amide bonds. The van der Waals surface area contributed by atoms with Gasteiger partial charge in [-0.1, -0.05) is 17.7 Å². The quantitative estimate of drug-likeness (QED) is 0.692. The van der Waals surface area contributed by atoms with Gasteiger partial charge in [-0.25, -0.2) is 4.18 Å². The van der Waals surface area contributed by atoms with E-state index in [9.17, 15) is 8.42 Å². The zero-order valence-electron chi connectivity index (χ0n) is 14.6. The summed E-state index contributed by atoms with van der Waals surface area (Å²) in [6.45, 7) is 5.47. The van der Waals surface area contributed by atoms with Crippen molar-refractivity contribution in [3.8, 4) is 0 Å². The first-order chi connectivity index (χ1) is 11.8. The number of hydrogen-bond acceptors (Lipinski definition) is 7. The van der Waals surface area contributed by atoms with Gasteiger partial charge >= 0.3 is 0 Å². The molecule has 0 spiro atoms. The van der Waals surface area contributed by atoms with Crippen molar-refractivity contribution in [2.24, 2.45) is 0 Å². The van der Waals surface area contributed by atoms with Crippen LogP contribution in [0.25, 0.3) is 0 Å². The summed E-state index contributed by atoms with van der Waals surface area (Å²) in [5.74, 6) is 1.39. The molecule has 0 bridgehead atoms. The van der Waals surface area contributed by atoms with Crippen LogP contribution in [0.2, 0.25) is 0 Å². The van der Waals surface area contributed by atoms with E-state index in [1.807, 2.05) is 30.4 Å². The van der Waals surface area contributed by atoms with Crippen LogP contribution in [-0.4, -0.2) is 42.7 Å². The van der Waals surface area contributed by atoms with E-state index in [2.05, 4.69) is 0 Å². The van der Waals surface area contributed by atoms with Crippen molar-refractivity contribution in [3.05, 3.63) is 29.8 Å². The zero-order chi connectivity index (χ0) is 18.1. The Hall–Kier alpha value is -0.250. The molecule has 0 unspecified atom stereocenters. The van der Waals surface area contributed by atoms with Crippen LogP contribution in [0.4, 0.5) is 0 Å². The normalized spacial score (nSPS) is 27.5. The van der Waals surface area contributed by atoms with E-state index in [4.69, 9.17) is 13.7 Å². The maximum absolute atomic E-state index is 12.6. The van der Waals surface area contributed by atoms with E-state index < -0.39 is 28.3 Å². The Morgan fingerprint density at radius 3 is 2.44 bits per heavy atom. The third-order valence-electron chi connectivity index (χ3n) is 3.99. The van der Waals surface area contributed by atoms with Crippen LogP contribution in [0.5, 0.6) is 0 Å². The average Bonchev–Trinajstić information content (AvgIpc) is 2.81. The van der Waals surface area contributed by atoms with Crippen molar-refractivity contribution in [1.82, 2.24) is 0 Å². The number of ether oxygens (including phenoxy) is 2. The van der Waals surface area contributed by atoms with E-state index in [-0.39, 0.29) is 4.90 Å². The first-order valence-corrected chi connectivity index (χ1v) is 11.8. The Kier molecular flexibility index (Phi) is 6.07. The summed E-state index contributed by atoms with van der Waals surface area (Å²) in [6.07, 6.45) is 0.580. The van der Waals surface area contributed by atoms with E-state index in [1.54, 1.807) is 38.1 Å². The third-order valence-corrected chi connectivity index (χ3v) is 8.28. The van der Waals surface area contributed by atoms with Crippen LogP contribution in [0.3, 0.4) is 0 Å². The molecule has 2 heterocycles. The van der Waals surface area contributed by atoms with Gasteiger partial charge in [0.15, 0.2) is 5.79 Å². The van der Waals surface area contributed by atoms with Gasteiger partial charge in [-0.3, -0.25) is 0 Å². The molecular formula is C17H24O5S3. The fourth-order valence-corrected chi connectivity index (χ4v) is 6.73. The second-order valence-electron chi connectivity index (χ2n) is 6.67. The molecule has 3 rings (SSSR count). The molecule has 2 aliphatic rings. The topological polar surface area (TPSA) is 61.8 Å². The molecule has 25 heavy (non-hydrogen) atoms. The molecule has 1 aromatic rings. The maximum atomic E-state index is 12.6. The van der Waals surface area contributed by atoms with Gasteiger partial charge in [-0.05, 0) is 57.3 Å². The van der Waals surface area contributed by atoms with Crippen molar-refractivity contribution in [1.29, 1.82) is 0 Å². The lowest BCUT2D eigenvalue weighted by atomic mass is 10.2. The predicted molar refractivity (Wildman–Crippen MR) is 101 cm³/mol. The monoisotopic (exact) mass is 404 g/mol. The fraction of sp³-hybridized carbons (Fsp3) is 0.647. The highest BCUT2D eigenvalue weighted by Crippen LogP contribution is 2.39. The molecule has 2 aliphatic heterocycles. The lowest BCUT2D eigenvalue weighted by Crippen LogP contribution is -2.31. The summed E-state index contributed by atoms with van der Waals surface area (Å²) in [7, 11) is -3.90. The average molecular weight is 405 g/mol. The number of thioether (sulfide) groups is 2. The first kappa shape index (κ1) is 19.5. The summed E-state index contributed by atoms with van der Waals surface area (Å²) < 4.78 is 42.6. The van der Waals surface area contributed by atoms with Gasteiger partial charge in [0.25, 0.3) is 10.1 Å². The molecule has 0 radical (unpaired) electrons. The highest BCUT2D eigenvalue weighted by Gasteiger charge is 2.45. The maximum Gasteiger partial charge on any atom is 0.299 e. The van der Waals surface area contributed by atoms with Gasteiger partial charge < -0.3 is 9.47 Å². The summed E-state index contributed by atoms with van der Waals surface area (Å²) in [6, 6.07) is 6.60. The van der Waals surface area contributed by atoms with Crippen molar-refractivity contribution < 1.29 is 22.1 Å². The minimum Gasteiger partial charge on any atom is -0.342 e. The van der Waals surface area contributed by atoms with Crippen molar-refractivity contribution in [3.63, 3.8) is 0 Å². The van der Waals surface area contributed by atoms with Crippen LogP contribution >= 0.6 is 23.5 Å². The second kappa shape index (κ2) is 7.78. The molecule has 2 fully saturated rings. The van der Waals surface area contributed by atoms with Crippen molar-refractivity contribution in [2.75, 3.05) is 11.5 Å². The van der Waals surface area contributed by atoms with Gasteiger partial charge in [0.05, 0.1) is 9.48 Å². The van der Waals surface area contributed by atoms with Gasteiger partial charge in [0.1, 0.15) is 6.10 Å². The van der Waals surface area contributed by atoms with E-state index >= 15 is 0 Å². The van der Waals surface area contributed by atoms with Gasteiger partial charge in [-0.15, -0.1) is 23.5 Å². The van der Waals surface area contributed by atoms with Gasteiger partial charge in [0.2, 0.25) is 6.29 Å². The minimum absolute atomic E-state index is 0.131. The predicted octanol–water partition coefficient (Wildman–Crippen LogP) is 3.76. The Morgan fingerprint density at radius 2 is 1.80 bits per heavy atom. The molecule has 0 aliphatic carbocycles. The molecule has 140 valence electrons. The molecule has 2 saturated heterocycles. The fourth-order valence-electron chi connectivity index (χ4n) is 2.79. The van der Waals surface area contributed by atoms with Gasteiger partial charge in [-0.2, -0.15) is 8.42 Å². The Bertz CT molecular complexity index is 681. The number of benzene rings is 1. The van der Waals surface area contributed by atoms with Crippen LogP contribution < -0.4 is 0 Å². The summed E-state index contributed by atoms with van der Waals surface area (Å²) in [5, 5.41) is 0.